The molecule has 0 aliphatic rings. The highest BCUT2D eigenvalue weighted by Crippen LogP contribution is 2.13. The van der Waals surface area contributed by atoms with Crippen LogP contribution in [0.2, 0.25) is 0 Å². The van der Waals surface area contributed by atoms with Crippen LogP contribution in [0.4, 0.5) is 9.59 Å². The predicted molar refractivity (Wildman–Crippen MR) is 202 cm³/mol. The van der Waals surface area contributed by atoms with Crippen molar-refractivity contribution in [3.05, 3.63) is 138 Å². The first-order valence-electron chi connectivity index (χ1n) is 17.9. The number of urea groups is 1. The zero-order valence-corrected chi connectivity index (χ0v) is 30.3. The minimum absolute atomic E-state index is 0.00103. The predicted octanol–water partition coefficient (Wildman–Crippen LogP) is 4.16. The number of hydrogen-bond acceptors (Lipinski definition) is 7. The van der Waals surface area contributed by atoms with Crippen LogP contribution in [0.1, 0.15) is 42.7 Å². The zero-order valence-electron chi connectivity index (χ0n) is 30.3. The fraction of sp³-hybridized carbons (Fsp3) is 0.341. The van der Waals surface area contributed by atoms with Gasteiger partial charge in [0.05, 0.1) is 18.7 Å². The lowest BCUT2D eigenvalue weighted by Crippen LogP contribution is -2.57. The van der Waals surface area contributed by atoms with E-state index in [0.29, 0.717) is 6.42 Å². The van der Waals surface area contributed by atoms with E-state index in [1.165, 1.54) is 4.90 Å². The van der Waals surface area contributed by atoms with Crippen LogP contribution in [-0.4, -0.2) is 76.2 Å². The first-order valence-corrected chi connectivity index (χ1v) is 17.9. The highest BCUT2D eigenvalue weighted by molar-refractivity contribution is 5.91. The van der Waals surface area contributed by atoms with Crippen LogP contribution in [-0.2, 0) is 40.2 Å². The van der Waals surface area contributed by atoms with E-state index in [4.69, 9.17) is 10.5 Å². The number of aromatic nitrogens is 1. The van der Waals surface area contributed by atoms with Crippen LogP contribution in [0, 0.1) is 5.92 Å². The molecule has 0 saturated heterocycles. The minimum atomic E-state index is -1.24. The summed E-state index contributed by atoms with van der Waals surface area (Å²) in [4.78, 5) is 58.9. The van der Waals surface area contributed by atoms with Crippen LogP contribution < -0.4 is 21.7 Å². The third-order valence-corrected chi connectivity index (χ3v) is 8.60. The molecule has 0 aliphatic heterocycles. The maximum Gasteiger partial charge on any atom is 0.407 e. The van der Waals surface area contributed by atoms with Gasteiger partial charge in [0, 0.05) is 31.3 Å². The van der Waals surface area contributed by atoms with Crippen molar-refractivity contribution in [2.24, 2.45) is 11.7 Å². The number of amides is 5. The van der Waals surface area contributed by atoms with Crippen molar-refractivity contribution in [3.8, 4) is 0 Å². The number of benzene rings is 3. The van der Waals surface area contributed by atoms with Crippen molar-refractivity contribution in [2.45, 2.75) is 70.4 Å². The van der Waals surface area contributed by atoms with E-state index in [2.05, 4.69) is 20.9 Å². The summed E-state index contributed by atoms with van der Waals surface area (Å²) in [5, 5.41) is 20.1. The van der Waals surface area contributed by atoms with Gasteiger partial charge in [-0.15, -0.1) is 0 Å². The number of nitrogens with two attached hydrogens (primary N) is 1. The molecule has 0 radical (unpaired) electrons. The third kappa shape index (κ3) is 14.1. The van der Waals surface area contributed by atoms with Crippen molar-refractivity contribution < 1.29 is 29.0 Å². The number of aliphatic hydroxyl groups is 1. The number of alkyl carbamates (subject to hydrolysis) is 1. The van der Waals surface area contributed by atoms with Crippen LogP contribution in [0.3, 0.4) is 0 Å². The van der Waals surface area contributed by atoms with Gasteiger partial charge in [-0.25, -0.2) is 9.59 Å². The average Bonchev–Trinajstić information content (AvgIpc) is 3.16. The van der Waals surface area contributed by atoms with Gasteiger partial charge in [-0.05, 0) is 47.6 Å². The smallest absolute Gasteiger partial charge is 0.407 e. The molecule has 1 aromatic heterocycles. The van der Waals surface area contributed by atoms with Crippen molar-refractivity contribution in [3.63, 3.8) is 0 Å². The summed E-state index contributed by atoms with van der Waals surface area (Å²) in [5.74, 6) is -1.25. The molecule has 12 heteroatoms. The Morgan fingerprint density at radius 2 is 1.34 bits per heavy atom. The van der Waals surface area contributed by atoms with Gasteiger partial charge in [0.2, 0.25) is 11.8 Å². The summed E-state index contributed by atoms with van der Waals surface area (Å²) < 4.78 is 5.47. The monoisotopic (exact) mass is 722 g/mol. The molecule has 6 N–H and O–H groups in total. The Hall–Kier alpha value is -5.75. The van der Waals surface area contributed by atoms with Crippen molar-refractivity contribution in [2.75, 3.05) is 13.1 Å². The molecule has 0 bridgehead atoms. The van der Waals surface area contributed by atoms with Gasteiger partial charge < -0.3 is 36.4 Å². The van der Waals surface area contributed by atoms with E-state index < -0.39 is 48.2 Å². The van der Waals surface area contributed by atoms with Crippen LogP contribution in [0.15, 0.2) is 115 Å². The van der Waals surface area contributed by atoms with Crippen LogP contribution >= 0.6 is 0 Å². The molecule has 4 aromatic rings. The first kappa shape index (κ1) is 40.0. The summed E-state index contributed by atoms with van der Waals surface area (Å²) in [6.07, 6.45) is 0.781. The Labute approximate surface area is 311 Å². The van der Waals surface area contributed by atoms with Crippen molar-refractivity contribution >= 4 is 23.9 Å². The summed E-state index contributed by atoms with van der Waals surface area (Å²) in [6, 6.07) is 29.8. The highest BCUT2D eigenvalue weighted by atomic mass is 16.5. The molecular formula is C41H50N6O6. The molecule has 12 nitrogen and oxygen atoms in total. The molecule has 0 unspecified atom stereocenters. The van der Waals surface area contributed by atoms with Gasteiger partial charge in [-0.1, -0.05) is 111 Å². The Morgan fingerprint density at radius 3 is 1.91 bits per heavy atom. The number of carbonyl (C=O) groups is 4. The Kier molecular flexibility index (Phi) is 15.8. The standard InChI is InChI=1S/C41H50N6O6/c1-29(2)24-36(39(50)44-35(38(42)49)26-31-16-8-4-9-17-31)45-40(51)47(23-21-33-20-12-13-22-43-33)27-37(48)34(25-30-14-6-3-7-15-30)46-41(52)53-28-32-18-10-5-11-19-32/h3-20,22,29,34-37,48H,21,23-28H2,1-2H3,(H2,42,49)(H,44,50)(H,45,51)(H,46,52)/t34-,35-,36-,37+/m0/s1. The summed E-state index contributed by atoms with van der Waals surface area (Å²) in [7, 11) is 0. The number of nitrogens with one attached hydrogen (secondary N) is 3. The average molecular weight is 723 g/mol. The van der Waals surface area contributed by atoms with E-state index in [1.807, 2.05) is 117 Å². The molecule has 0 spiro atoms. The number of carbonyl (C=O) groups excluding carboxylic acids is 4. The van der Waals surface area contributed by atoms with E-state index in [-0.39, 0.29) is 44.9 Å². The molecule has 0 saturated carbocycles. The van der Waals surface area contributed by atoms with E-state index in [0.717, 1.165) is 22.4 Å². The van der Waals surface area contributed by atoms with Gasteiger partial charge in [-0.2, -0.15) is 0 Å². The van der Waals surface area contributed by atoms with Crippen LogP contribution in [0.25, 0.3) is 0 Å². The summed E-state index contributed by atoms with van der Waals surface area (Å²) in [6.45, 7) is 3.83. The quantitative estimate of drug-likeness (QED) is 0.0966. The minimum Gasteiger partial charge on any atom is -0.445 e. The molecule has 280 valence electrons. The second kappa shape index (κ2) is 20.9. The maximum atomic E-state index is 14.1. The normalized spacial score (nSPS) is 13.2. The fourth-order valence-corrected chi connectivity index (χ4v) is 5.78. The SMILES string of the molecule is CC(C)C[C@H](NC(=O)N(CCc1ccccn1)C[C@@H](O)[C@H](Cc1ccccc1)NC(=O)OCc1ccccc1)C(=O)N[C@@H](Cc1ccccc1)C(N)=O. The number of aliphatic hydroxyl groups excluding tert-OH is 1. The van der Waals surface area contributed by atoms with Crippen LogP contribution in [0.5, 0.6) is 0 Å². The Bertz CT molecular complexity index is 1710. The number of hydrogen-bond donors (Lipinski definition) is 5. The second-order valence-electron chi connectivity index (χ2n) is 13.4. The molecule has 0 fully saturated rings. The highest BCUT2D eigenvalue weighted by Gasteiger charge is 2.31. The number of ether oxygens (including phenoxy) is 1. The summed E-state index contributed by atoms with van der Waals surface area (Å²) in [5.41, 5.74) is 8.89. The van der Waals surface area contributed by atoms with Gasteiger partial charge >= 0.3 is 12.1 Å². The maximum absolute atomic E-state index is 14.1. The van der Waals surface area contributed by atoms with E-state index in [1.54, 1.807) is 12.3 Å². The number of primary amides is 1. The largest absolute Gasteiger partial charge is 0.445 e. The lowest BCUT2D eigenvalue weighted by molar-refractivity contribution is -0.128. The fourth-order valence-electron chi connectivity index (χ4n) is 5.78. The number of pyridine rings is 1. The lowest BCUT2D eigenvalue weighted by Gasteiger charge is -2.32. The zero-order chi connectivity index (χ0) is 38.0. The van der Waals surface area contributed by atoms with E-state index in [9.17, 15) is 24.3 Å². The van der Waals surface area contributed by atoms with Crippen molar-refractivity contribution in [1.29, 1.82) is 0 Å². The topological polar surface area (TPSA) is 176 Å². The number of nitrogens with zero attached hydrogens (tertiary/aromatic N) is 2. The molecule has 3 aromatic carbocycles. The van der Waals surface area contributed by atoms with Gasteiger partial charge in [-0.3, -0.25) is 14.6 Å². The third-order valence-electron chi connectivity index (χ3n) is 8.60. The molecule has 0 aliphatic carbocycles. The van der Waals surface area contributed by atoms with Gasteiger partial charge in [0.15, 0.2) is 0 Å². The first-order chi connectivity index (χ1) is 25.6. The van der Waals surface area contributed by atoms with Crippen molar-refractivity contribution in [1.82, 2.24) is 25.8 Å². The molecule has 53 heavy (non-hydrogen) atoms. The lowest BCUT2D eigenvalue weighted by atomic mass is 10.0. The molecule has 5 amide bonds. The Morgan fingerprint density at radius 1 is 0.755 bits per heavy atom. The number of rotatable bonds is 19. The summed E-state index contributed by atoms with van der Waals surface area (Å²) >= 11 is 0. The Balaban J connectivity index is 1.52. The van der Waals surface area contributed by atoms with Gasteiger partial charge in [0.1, 0.15) is 18.7 Å². The van der Waals surface area contributed by atoms with E-state index >= 15 is 0 Å². The molecule has 1 heterocycles. The second-order valence-corrected chi connectivity index (χ2v) is 13.4. The molecular weight excluding hydrogens is 672 g/mol. The van der Waals surface area contributed by atoms with Gasteiger partial charge in [0.25, 0.3) is 0 Å². The molecule has 4 rings (SSSR count). The molecule has 4 atom stereocenters.